The van der Waals surface area contributed by atoms with Crippen molar-refractivity contribution >= 4 is 11.6 Å². The van der Waals surface area contributed by atoms with Gasteiger partial charge in [-0.2, -0.15) is 8.78 Å². The van der Waals surface area contributed by atoms with Gasteiger partial charge in [-0.05, 0) is 24.6 Å². The summed E-state index contributed by atoms with van der Waals surface area (Å²) in [6, 6.07) is 6.05. The summed E-state index contributed by atoms with van der Waals surface area (Å²) in [5.74, 6) is -0.298. The van der Waals surface area contributed by atoms with Crippen LogP contribution >= 0.6 is 0 Å². The largest absolute Gasteiger partial charge is 0.433 e. The summed E-state index contributed by atoms with van der Waals surface area (Å²) in [5.41, 5.74) is 5.63. The van der Waals surface area contributed by atoms with Crippen LogP contribution in [0.25, 0.3) is 0 Å². The van der Waals surface area contributed by atoms with Crippen LogP contribution in [-0.4, -0.2) is 19.1 Å². The monoisotopic (exact) mass is 258 g/mol. The van der Waals surface area contributed by atoms with E-state index in [4.69, 9.17) is 5.73 Å². The molecule has 0 fully saturated rings. The number of nitrogens with two attached hydrogens (primary N) is 1. The van der Waals surface area contributed by atoms with Gasteiger partial charge >= 0.3 is 6.61 Å². The Morgan fingerprint density at radius 3 is 2.72 bits per heavy atom. The molecule has 3 N–H and O–H groups in total. The van der Waals surface area contributed by atoms with Crippen LogP contribution in [0.5, 0.6) is 5.75 Å². The minimum absolute atomic E-state index is 0.0354. The van der Waals surface area contributed by atoms with Gasteiger partial charge in [-0.3, -0.25) is 4.79 Å². The Morgan fingerprint density at radius 2 is 2.11 bits per heavy atom. The average molecular weight is 258 g/mol. The molecular formula is C12H16F2N2O2. The molecule has 0 bridgehead atoms. The van der Waals surface area contributed by atoms with Gasteiger partial charge in [0.15, 0.2) is 0 Å². The molecule has 0 aliphatic heterocycles. The van der Waals surface area contributed by atoms with Gasteiger partial charge in [0.2, 0.25) is 5.91 Å². The molecule has 4 nitrogen and oxygen atoms in total. The lowest BCUT2D eigenvalue weighted by Gasteiger charge is -2.13. The first-order valence-corrected chi connectivity index (χ1v) is 5.56. The zero-order chi connectivity index (χ0) is 13.5. The minimum atomic E-state index is -2.92. The van der Waals surface area contributed by atoms with E-state index in [9.17, 15) is 13.6 Å². The number of hydrogen-bond acceptors (Lipinski definition) is 3. The third-order valence-corrected chi connectivity index (χ3v) is 2.31. The lowest BCUT2D eigenvalue weighted by molar-refractivity contribution is -0.117. The second kappa shape index (κ2) is 6.90. The number of para-hydroxylation sites is 2. The Bertz CT molecular complexity index is 399. The van der Waals surface area contributed by atoms with Crippen molar-refractivity contribution < 1.29 is 18.3 Å². The predicted octanol–water partition coefficient (Wildman–Crippen LogP) is 2.21. The van der Waals surface area contributed by atoms with Gasteiger partial charge in [-0.15, -0.1) is 0 Å². The summed E-state index contributed by atoms with van der Waals surface area (Å²) in [4.78, 5) is 11.6. The number of halogens is 2. The number of hydrogen-bond donors (Lipinski definition) is 2. The number of ether oxygens (including phenoxy) is 1. The molecule has 1 amide bonds. The molecule has 0 aliphatic carbocycles. The van der Waals surface area contributed by atoms with Crippen LogP contribution in [-0.2, 0) is 4.79 Å². The van der Waals surface area contributed by atoms with Crippen LogP contribution in [0.15, 0.2) is 24.3 Å². The molecule has 0 heterocycles. The number of alkyl halides is 2. The Balaban J connectivity index is 2.68. The van der Waals surface area contributed by atoms with Crippen LogP contribution in [0.3, 0.4) is 0 Å². The van der Waals surface area contributed by atoms with Crippen molar-refractivity contribution in [2.45, 2.75) is 20.0 Å². The van der Waals surface area contributed by atoms with E-state index in [1.165, 1.54) is 12.1 Å². The third kappa shape index (κ3) is 4.67. The molecule has 6 heteroatoms. The van der Waals surface area contributed by atoms with E-state index in [0.29, 0.717) is 6.54 Å². The maximum absolute atomic E-state index is 12.2. The van der Waals surface area contributed by atoms with Gasteiger partial charge in [-0.25, -0.2) is 0 Å². The zero-order valence-electron chi connectivity index (χ0n) is 10.0. The summed E-state index contributed by atoms with van der Waals surface area (Å²) < 4.78 is 28.6. The molecule has 0 saturated heterocycles. The highest BCUT2D eigenvalue weighted by molar-refractivity contribution is 5.92. The van der Waals surface area contributed by atoms with Gasteiger partial charge in [0.05, 0.1) is 5.69 Å². The van der Waals surface area contributed by atoms with Crippen molar-refractivity contribution in [3.8, 4) is 5.75 Å². The van der Waals surface area contributed by atoms with E-state index in [0.717, 1.165) is 0 Å². The smallest absolute Gasteiger partial charge is 0.387 e. The maximum Gasteiger partial charge on any atom is 0.387 e. The Morgan fingerprint density at radius 1 is 1.44 bits per heavy atom. The highest BCUT2D eigenvalue weighted by Crippen LogP contribution is 2.25. The lowest BCUT2D eigenvalue weighted by atomic mass is 10.1. The van der Waals surface area contributed by atoms with E-state index < -0.39 is 6.61 Å². The SMILES string of the molecule is CC(CN)CC(=O)Nc1ccccc1OC(F)F. The number of carbonyl (C=O) groups excluding carboxylic acids is 1. The number of amides is 1. The molecule has 0 aromatic heterocycles. The van der Waals surface area contributed by atoms with Crippen molar-refractivity contribution in [2.24, 2.45) is 11.7 Å². The number of benzene rings is 1. The number of carbonyl (C=O) groups is 1. The van der Waals surface area contributed by atoms with Gasteiger partial charge in [0, 0.05) is 6.42 Å². The number of rotatable bonds is 6. The van der Waals surface area contributed by atoms with Crippen molar-refractivity contribution in [3.63, 3.8) is 0 Å². The quantitative estimate of drug-likeness (QED) is 0.822. The van der Waals surface area contributed by atoms with E-state index >= 15 is 0 Å². The van der Waals surface area contributed by atoms with Gasteiger partial charge in [0.1, 0.15) is 5.75 Å². The molecule has 100 valence electrons. The molecule has 0 aliphatic rings. The first kappa shape index (κ1) is 14.4. The third-order valence-electron chi connectivity index (χ3n) is 2.31. The average Bonchev–Trinajstić information content (AvgIpc) is 2.30. The molecule has 1 aromatic carbocycles. The van der Waals surface area contributed by atoms with E-state index in [2.05, 4.69) is 10.1 Å². The predicted molar refractivity (Wildman–Crippen MR) is 64.5 cm³/mol. The maximum atomic E-state index is 12.2. The molecule has 0 radical (unpaired) electrons. The van der Waals surface area contributed by atoms with Gasteiger partial charge in [0.25, 0.3) is 0 Å². The van der Waals surface area contributed by atoms with Crippen molar-refractivity contribution in [1.29, 1.82) is 0 Å². The van der Waals surface area contributed by atoms with E-state index in [1.54, 1.807) is 12.1 Å². The standard InChI is InChI=1S/C12H16F2N2O2/c1-8(7-15)6-11(17)16-9-4-2-3-5-10(9)18-12(13)14/h2-5,8,12H,6-7,15H2,1H3,(H,16,17). The van der Waals surface area contributed by atoms with Crippen LogP contribution in [0, 0.1) is 5.92 Å². The summed E-state index contributed by atoms with van der Waals surface area (Å²) in [7, 11) is 0. The summed E-state index contributed by atoms with van der Waals surface area (Å²) in [6.45, 7) is -0.699. The van der Waals surface area contributed by atoms with E-state index in [-0.39, 0.29) is 29.7 Å². The van der Waals surface area contributed by atoms with Crippen LogP contribution in [0.1, 0.15) is 13.3 Å². The Hall–Kier alpha value is -1.69. The normalized spacial score (nSPS) is 12.3. The second-order valence-electron chi connectivity index (χ2n) is 3.97. The molecule has 0 spiro atoms. The molecule has 1 rings (SSSR count). The van der Waals surface area contributed by atoms with Crippen molar-refractivity contribution in [2.75, 3.05) is 11.9 Å². The highest BCUT2D eigenvalue weighted by atomic mass is 19.3. The number of nitrogens with one attached hydrogen (secondary N) is 1. The highest BCUT2D eigenvalue weighted by Gasteiger charge is 2.12. The zero-order valence-corrected chi connectivity index (χ0v) is 10.0. The summed E-state index contributed by atoms with van der Waals surface area (Å²) in [5, 5.41) is 2.53. The fourth-order valence-corrected chi connectivity index (χ4v) is 1.37. The fraction of sp³-hybridized carbons (Fsp3) is 0.417. The summed E-state index contributed by atoms with van der Waals surface area (Å²) in [6.07, 6.45) is 0.236. The fourth-order valence-electron chi connectivity index (χ4n) is 1.37. The molecule has 0 saturated carbocycles. The Labute approximate surface area is 104 Å². The van der Waals surface area contributed by atoms with Crippen LogP contribution in [0.2, 0.25) is 0 Å². The van der Waals surface area contributed by atoms with Crippen molar-refractivity contribution in [3.05, 3.63) is 24.3 Å². The first-order valence-electron chi connectivity index (χ1n) is 5.56. The van der Waals surface area contributed by atoms with Gasteiger partial charge < -0.3 is 15.8 Å². The molecule has 1 atom stereocenters. The second-order valence-corrected chi connectivity index (χ2v) is 3.97. The molecular weight excluding hydrogens is 242 g/mol. The van der Waals surface area contributed by atoms with Gasteiger partial charge in [-0.1, -0.05) is 19.1 Å². The summed E-state index contributed by atoms with van der Waals surface area (Å²) >= 11 is 0. The Kier molecular flexibility index (Phi) is 5.51. The van der Waals surface area contributed by atoms with E-state index in [1.807, 2.05) is 6.92 Å². The molecule has 1 unspecified atom stereocenters. The first-order chi connectivity index (χ1) is 8.52. The molecule has 1 aromatic rings. The molecule has 18 heavy (non-hydrogen) atoms. The van der Waals surface area contributed by atoms with Crippen LogP contribution < -0.4 is 15.8 Å². The van der Waals surface area contributed by atoms with Crippen LogP contribution in [0.4, 0.5) is 14.5 Å². The van der Waals surface area contributed by atoms with Crippen molar-refractivity contribution in [1.82, 2.24) is 0 Å². The topological polar surface area (TPSA) is 64.4 Å². The lowest BCUT2D eigenvalue weighted by Crippen LogP contribution is -2.20. The minimum Gasteiger partial charge on any atom is -0.433 e. The number of anilines is 1.